The Bertz CT molecular complexity index is 2240. The Hall–Kier alpha value is -6.11. The van der Waals surface area contributed by atoms with E-state index in [0.717, 1.165) is 20.9 Å². The first-order chi connectivity index (χ1) is 25.8. The molecule has 266 valence electrons. The Kier molecular flexibility index (Phi) is 7.57. The van der Waals surface area contributed by atoms with Crippen LogP contribution >= 0.6 is 0 Å². The molecule has 4 amide bonds. The van der Waals surface area contributed by atoms with Crippen LogP contribution in [0.15, 0.2) is 132 Å². The van der Waals surface area contributed by atoms with Gasteiger partial charge in [-0.2, -0.15) is 4.98 Å². The summed E-state index contributed by atoms with van der Waals surface area (Å²) in [5, 5.41) is 24.9. The molecule has 12 heteroatoms. The lowest BCUT2D eigenvalue weighted by atomic mass is 10.1. The quantitative estimate of drug-likeness (QED) is 0.327. The number of allylic oxidation sites excluding steroid dienone is 8. The van der Waals surface area contributed by atoms with Gasteiger partial charge in [0.05, 0.1) is 6.54 Å². The Morgan fingerprint density at radius 2 is 1.09 bits per heavy atom. The van der Waals surface area contributed by atoms with Gasteiger partial charge in [-0.15, -0.1) is 8.97 Å². The first-order valence-corrected chi connectivity index (χ1v) is 18.0. The van der Waals surface area contributed by atoms with Crippen LogP contribution in [0.3, 0.4) is 0 Å². The Morgan fingerprint density at radius 3 is 1.57 bits per heavy atom. The first-order valence-electron chi connectivity index (χ1n) is 18.0. The molecule has 0 N–H and O–H groups in total. The van der Waals surface area contributed by atoms with E-state index in [1.807, 2.05) is 114 Å². The number of carbonyl (C=O) groups excluding carboxylic acids is 4. The van der Waals surface area contributed by atoms with Gasteiger partial charge in [0.15, 0.2) is 22.8 Å². The number of rotatable bonds is 8. The minimum absolute atomic E-state index is 0.168. The second-order valence-corrected chi connectivity index (χ2v) is 14.2. The highest BCUT2D eigenvalue weighted by atomic mass is 16.4. The standard InChI is InChI=1S/C41H36N6O6/c48-38(33-13-7-23-43(33)40(50)51)46(29-15-16-30(46)18-17-29)36-37(45(26-28-11-5-2-6-12-28)35(42-36)25-27-9-3-1-4-10-27)47(31-19-20-32(47)22-21-31)39(49)34-14-8-24-44(34)41(52)53/h1-6,9-12,15-22,33-34H,7-8,13-14,23-26H2/t33-,34-/m0/s1. The number of fused-ring (bicyclic) bond motifs is 4. The fraction of sp³-hybridized carbons (Fsp3) is 0.244. The van der Waals surface area contributed by atoms with Crippen LogP contribution in [0.25, 0.3) is 0 Å². The SMILES string of the molecule is O=C([O-])N1CCC[C@H]1C(=O)[N+]1(c2nc(Cc3ccccc3)n(Cc3ccccc3)c2[N+]2(C(=O)[C@@H]3CCCN3C(=O)[O-])C3=CC=C2C=C3)C2=CC=C1C=C2. The van der Waals surface area contributed by atoms with Crippen LogP contribution in [0.4, 0.5) is 21.2 Å². The molecule has 3 aromatic rings. The summed E-state index contributed by atoms with van der Waals surface area (Å²) >= 11 is 0. The summed E-state index contributed by atoms with van der Waals surface area (Å²) in [4.78, 5) is 63.6. The van der Waals surface area contributed by atoms with Crippen molar-refractivity contribution < 1.29 is 29.4 Å². The topological polar surface area (TPSA) is 139 Å². The zero-order valence-electron chi connectivity index (χ0n) is 28.8. The number of benzene rings is 2. The van der Waals surface area contributed by atoms with Crippen LogP contribution in [0.2, 0.25) is 0 Å². The largest absolute Gasteiger partial charge is 0.530 e. The molecule has 2 fully saturated rings. The molecule has 0 saturated carbocycles. The maximum absolute atomic E-state index is 15.6. The molecule has 1 aromatic heterocycles. The van der Waals surface area contributed by atoms with E-state index in [2.05, 4.69) is 0 Å². The second kappa shape index (κ2) is 12.2. The molecule has 2 aromatic carbocycles. The van der Waals surface area contributed by atoms with Gasteiger partial charge in [-0.3, -0.25) is 4.57 Å². The number of nitrogens with zero attached hydrogens (tertiary/aromatic N) is 6. The van der Waals surface area contributed by atoms with Crippen molar-refractivity contribution in [2.75, 3.05) is 13.1 Å². The number of carbonyl (C=O) groups is 4. The van der Waals surface area contributed by atoms with E-state index in [1.165, 1.54) is 0 Å². The lowest BCUT2D eigenvalue weighted by Gasteiger charge is -2.38. The van der Waals surface area contributed by atoms with Gasteiger partial charge >= 0.3 is 23.5 Å². The normalized spacial score (nSPS) is 22.6. The van der Waals surface area contributed by atoms with Crippen LogP contribution < -0.4 is 19.2 Å². The number of hydrogen-bond donors (Lipinski definition) is 0. The summed E-state index contributed by atoms with van der Waals surface area (Å²) < 4.78 is 1.02. The van der Waals surface area contributed by atoms with Crippen molar-refractivity contribution in [3.05, 3.63) is 149 Å². The average molecular weight is 709 g/mol. The van der Waals surface area contributed by atoms with Crippen LogP contribution in [0.5, 0.6) is 0 Å². The molecule has 53 heavy (non-hydrogen) atoms. The molecule has 4 bridgehead atoms. The molecule has 2 saturated heterocycles. The van der Waals surface area contributed by atoms with Crippen molar-refractivity contribution in [1.82, 2.24) is 28.3 Å². The van der Waals surface area contributed by atoms with E-state index < -0.39 is 45.1 Å². The highest BCUT2D eigenvalue weighted by Gasteiger charge is 2.66. The van der Waals surface area contributed by atoms with E-state index in [0.29, 0.717) is 66.5 Å². The lowest BCUT2D eigenvalue weighted by molar-refractivity contribution is -0.267. The molecule has 0 aliphatic carbocycles. The van der Waals surface area contributed by atoms with E-state index in [9.17, 15) is 19.8 Å². The molecule has 6 aliphatic heterocycles. The summed E-state index contributed by atoms with van der Waals surface area (Å²) in [5.74, 6) is 0.471. The van der Waals surface area contributed by atoms with Crippen LogP contribution in [0.1, 0.15) is 42.6 Å². The van der Waals surface area contributed by atoms with Gasteiger partial charge in [0.25, 0.3) is 0 Å². The summed E-state index contributed by atoms with van der Waals surface area (Å²) in [6.07, 6.45) is 14.0. The molecule has 9 rings (SSSR count). The van der Waals surface area contributed by atoms with Crippen molar-refractivity contribution >= 4 is 35.6 Å². The summed E-state index contributed by atoms with van der Waals surface area (Å²) in [6.45, 7) is 0.618. The van der Waals surface area contributed by atoms with Gasteiger partial charge in [0, 0.05) is 68.1 Å². The third-order valence-electron chi connectivity index (χ3n) is 11.5. The van der Waals surface area contributed by atoms with Gasteiger partial charge in [-0.25, -0.2) is 9.59 Å². The predicted molar refractivity (Wildman–Crippen MR) is 191 cm³/mol. The lowest BCUT2D eigenvalue weighted by Crippen LogP contribution is -2.62. The van der Waals surface area contributed by atoms with Gasteiger partial charge < -0.3 is 29.6 Å². The van der Waals surface area contributed by atoms with Gasteiger partial charge in [0.1, 0.15) is 30.1 Å². The number of imidazole rings is 1. The first kappa shape index (κ1) is 32.8. The number of quaternary nitrogens is 2. The van der Waals surface area contributed by atoms with E-state index in [-0.39, 0.29) is 25.5 Å². The number of likely N-dealkylation sites (tertiary alicyclic amines) is 2. The zero-order chi connectivity index (χ0) is 36.5. The smallest absolute Gasteiger partial charge is 0.352 e. The number of carboxylic acid groups (broad SMARTS) is 2. The maximum Gasteiger partial charge on any atom is 0.352 e. The second-order valence-electron chi connectivity index (χ2n) is 14.2. The fourth-order valence-corrected chi connectivity index (χ4v) is 9.11. The number of aromatic nitrogens is 2. The van der Waals surface area contributed by atoms with E-state index in [4.69, 9.17) is 4.98 Å². The highest BCUT2D eigenvalue weighted by Crippen LogP contribution is 2.56. The Labute approximate surface area is 305 Å². The number of amides is 4. The molecule has 0 unspecified atom stereocenters. The Balaban J connectivity index is 1.36. The molecule has 2 atom stereocenters. The van der Waals surface area contributed by atoms with Gasteiger partial charge in [-0.1, -0.05) is 60.7 Å². The summed E-state index contributed by atoms with van der Waals surface area (Å²) in [5.41, 5.74) is 4.24. The molecule has 6 aliphatic rings. The van der Waals surface area contributed by atoms with Crippen molar-refractivity contribution in [2.45, 2.75) is 50.7 Å². The van der Waals surface area contributed by atoms with Crippen LogP contribution in [0, 0.1) is 0 Å². The highest BCUT2D eigenvalue weighted by molar-refractivity contribution is 6.08. The van der Waals surface area contributed by atoms with Gasteiger partial charge in [0.2, 0.25) is 0 Å². The zero-order valence-corrected chi connectivity index (χ0v) is 28.8. The summed E-state index contributed by atoms with van der Waals surface area (Å²) in [6, 6.07) is 17.6. The monoisotopic (exact) mass is 708 g/mol. The minimum Gasteiger partial charge on any atom is -0.530 e. The number of hydrogen-bond acceptors (Lipinski definition) is 7. The van der Waals surface area contributed by atoms with E-state index in [1.54, 1.807) is 0 Å². The molecule has 12 nitrogen and oxygen atoms in total. The van der Waals surface area contributed by atoms with Crippen LogP contribution in [-0.4, -0.2) is 68.5 Å². The third kappa shape index (κ3) is 4.65. The third-order valence-corrected chi connectivity index (χ3v) is 11.5. The van der Waals surface area contributed by atoms with Crippen molar-refractivity contribution in [3.63, 3.8) is 0 Å². The molecule has 0 spiro atoms. The van der Waals surface area contributed by atoms with Gasteiger partial charge in [-0.05, 0) is 36.8 Å². The van der Waals surface area contributed by atoms with Crippen LogP contribution in [-0.2, 0) is 22.6 Å². The van der Waals surface area contributed by atoms with Crippen molar-refractivity contribution in [1.29, 1.82) is 0 Å². The van der Waals surface area contributed by atoms with Crippen molar-refractivity contribution in [3.8, 4) is 0 Å². The summed E-state index contributed by atoms with van der Waals surface area (Å²) in [7, 11) is 0. The molecule has 7 heterocycles. The molecular formula is C41H36N6O6. The average Bonchev–Trinajstić information content (AvgIpc) is 4.04. The predicted octanol–water partition coefficient (Wildman–Crippen LogP) is 3.51. The minimum atomic E-state index is -1.42. The van der Waals surface area contributed by atoms with Crippen molar-refractivity contribution in [2.24, 2.45) is 0 Å². The molecular weight excluding hydrogens is 672 g/mol. The fourth-order valence-electron chi connectivity index (χ4n) is 9.11. The molecule has 0 radical (unpaired) electrons. The Morgan fingerprint density at radius 1 is 0.642 bits per heavy atom. The van der Waals surface area contributed by atoms with E-state index >= 15 is 9.59 Å². The maximum atomic E-state index is 15.6.